The summed E-state index contributed by atoms with van der Waals surface area (Å²) in [4.78, 5) is 24.9. The number of hydrogen-bond acceptors (Lipinski definition) is 4. The van der Waals surface area contributed by atoms with Gasteiger partial charge in [0, 0.05) is 16.9 Å². The first-order valence-electron chi connectivity index (χ1n) is 7.67. The quantitative estimate of drug-likeness (QED) is 0.654. The van der Waals surface area contributed by atoms with E-state index in [-0.39, 0.29) is 11.8 Å². The van der Waals surface area contributed by atoms with Crippen LogP contribution in [0.15, 0.2) is 60.7 Å². The number of halogens is 1. The zero-order valence-corrected chi connectivity index (χ0v) is 15.4. The lowest BCUT2D eigenvalue weighted by Crippen LogP contribution is -2.13. The van der Waals surface area contributed by atoms with Gasteiger partial charge in [-0.3, -0.25) is 9.59 Å². The Morgan fingerprint density at radius 1 is 0.846 bits per heavy atom. The van der Waals surface area contributed by atoms with Crippen LogP contribution in [-0.2, 0) is 0 Å². The third-order valence-electron chi connectivity index (χ3n) is 3.55. The number of anilines is 2. The smallest absolute Gasteiger partial charge is 0.265 e. The fourth-order valence-electron chi connectivity index (χ4n) is 2.21. The molecule has 0 bridgehead atoms. The summed E-state index contributed by atoms with van der Waals surface area (Å²) in [7, 11) is 1.58. The molecule has 2 amide bonds. The summed E-state index contributed by atoms with van der Waals surface area (Å²) in [5.41, 5.74) is 1.75. The number of carbonyl (C=O) groups is 2. The van der Waals surface area contributed by atoms with Crippen molar-refractivity contribution in [2.45, 2.75) is 0 Å². The molecule has 0 aliphatic rings. The fourth-order valence-corrected chi connectivity index (χ4v) is 3.15. The average molecular weight is 387 g/mol. The summed E-state index contributed by atoms with van der Waals surface area (Å²) in [6, 6.07) is 17.1. The van der Waals surface area contributed by atoms with Crippen molar-refractivity contribution in [2.24, 2.45) is 0 Å². The Balaban J connectivity index is 1.62. The van der Waals surface area contributed by atoms with Gasteiger partial charge < -0.3 is 15.4 Å². The molecule has 26 heavy (non-hydrogen) atoms. The summed E-state index contributed by atoms with van der Waals surface area (Å²) >= 11 is 7.04. The lowest BCUT2D eigenvalue weighted by molar-refractivity contribution is 0.102. The fraction of sp³-hybridized carbons (Fsp3) is 0.0526. The molecule has 0 radical (unpaired) electrons. The second-order valence-corrected chi connectivity index (χ2v) is 7.03. The third kappa shape index (κ3) is 4.41. The Hall–Kier alpha value is -2.83. The summed E-state index contributed by atoms with van der Waals surface area (Å²) in [5.74, 6) is 0.241. The molecule has 7 heteroatoms. The molecule has 1 aromatic heterocycles. The van der Waals surface area contributed by atoms with Crippen molar-refractivity contribution < 1.29 is 14.3 Å². The van der Waals surface area contributed by atoms with E-state index in [4.69, 9.17) is 16.3 Å². The van der Waals surface area contributed by atoms with E-state index >= 15 is 0 Å². The van der Waals surface area contributed by atoms with Gasteiger partial charge >= 0.3 is 0 Å². The van der Waals surface area contributed by atoms with Crippen molar-refractivity contribution >= 4 is 46.1 Å². The minimum absolute atomic E-state index is 0.238. The lowest BCUT2D eigenvalue weighted by atomic mass is 10.2. The van der Waals surface area contributed by atoms with Crippen molar-refractivity contribution in [1.82, 2.24) is 0 Å². The van der Waals surface area contributed by atoms with Gasteiger partial charge in [0.1, 0.15) is 5.75 Å². The molecule has 3 rings (SSSR count). The Morgan fingerprint density at radius 2 is 1.42 bits per heavy atom. The predicted octanol–water partition coefficient (Wildman–Crippen LogP) is 4.91. The molecule has 0 saturated heterocycles. The number of nitrogens with one attached hydrogen (secondary N) is 2. The lowest BCUT2D eigenvalue weighted by Gasteiger charge is -2.08. The molecular formula is C19H15ClN2O3S. The first kappa shape index (κ1) is 18.0. The van der Waals surface area contributed by atoms with Gasteiger partial charge in [0.25, 0.3) is 11.8 Å². The van der Waals surface area contributed by atoms with Gasteiger partial charge in [-0.1, -0.05) is 11.6 Å². The highest BCUT2D eigenvalue weighted by molar-refractivity contribution is 7.18. The zero-order chi connectivity index (χ0) is 18.5. The van der Waals surface area contributed by atoms with Crippen molar-refractivity contribution in [3.8, 4) is 5.75 Å². The number of ether oxygens (including phenoxy) is 1. The first-order valence-corrected chi connectivity index (χ1v) is 8.87. The van der Waals surface area contributed by atoms with Crippen LogP contribution < -0.4 is 15.4 Å². The Labute approximate surface area is 159 Å². The van der Waals surface area contributed by atoms with Crippen LogP contribution >= 0.6 is 22.9 Å². The number of amides is 2. The number of rotatable bonds is 5. The summed E-state index contributed by atoms with van der Waals surface area (Å²) < 4.78 is 5.64. The Morgan fingerprint density at radius 3 is 1.96 bits per heavy atom. The van der Waals surface area contributed by atoms with Crippen LogP contribution in [0.2, 0.25) is 4.34 Å². The normalized spacial score (nSPS) is 10.2. The van der Waals surface area contributed by atoms with Crippen LogP contribution in [-0.4, -0.2) is 18.9 Å². The van der Waals surface area contributed by atoms with E-state index in [1.165, 1.54) is 11.3 Å². The van der Waals surface area contributed by atoms with Gasteiger partial charge in [-0.2, -0.15) is 0 Å². The highest BCUT2D eigenvalue weighted by Crippen LogP contribution is 2.22. The predicted molar refractivity (Wildman–Crippen MR) is 105 cm³/mol. The molecule has 3 aromatic rings. The molecule has 0 unspecified atom stereocenters. The average Bonchev–Trinajstić information content (AvgIpc) is 3.09. The van der Waals surface area contributed by atoms with Gasteiger partial charge in [0.2, 0.25) is 0 Å². The van der Waals surface area contributed by atoms with Crippen LogP contribution in [0.4, 0.5) is 11.4 Å². The van der Waals surface area contributed by atoms with Crippen LogP contribution in [0.25, 0.3) is 0 Å². The van der Waals surface area contributed by atoms with Crippen LogP contribution in [0.3, 0.4) is 0 Å². The maximum atomic E-state index is 12.3. The molecule has 0 saturated carbocycles. The first-order chi connectivity index (χ1) is 12.5. The standard InChI is InChI=1S/C19H15ClN2O3S/c1-25-15-8-6-14(7-9-15)21-18(23)12-2-4-13(5-3-12)22-19(24)16-10-11-17(20)26-16/h2-11H,1H3,(H,21,23)(H,22,24). The van der Waals surface area contributed by atoms with E-state index in [0.717, 1.165) is 5.75 Å². The van der Waals surface area contributed by atoms with Crippen molar-refractivity contribution in [3.05, 3.63) is 75.4 Å². The molecule has 0 atom stereocenters. The molecule has 0 aliphatic heterocycles. The van der Waals surface area contributed by atoms with E-state index in [1.54, 1.807) is 67.8 Å². The van der Waals surface area contributed by atoms with Crippen LogP contribution in [0.1, 0.15) is 20.0 Å². The van der Waals surface area contributed by atoms with Gasteiger partial charge in [0.15, 0.2) is 0 Å². The van der Waals surface area contributed by atoms with E-state index < -0.39 is 0 Å². The van der Waals surface area contributed by atoms with E-state index in [1.807, 2.05) is 0 Å². The summed E-state index contributed by atoms with van der Waals surface area (Å²) in [6.45, 7) is 0. The SMILES string of the molecule is COc1ccc(NC(=O)c2ccc(NC(=O)c3ccc(Cl)s3)cc2)cc1. The van der Waals surface area contributed by atoms with Gasteiger partial charge in [-0.05, 0) is 60.7 Å². The monoisotopic (exact) mass is 386 g/mol. The number of hydrogen-bond donors (Lipinski definition) is 2. The topological polar surface area (TPSA) is 67.4 Å². The van der Waals surface area contributed by atoms with Crippen LogP contribution in [0.5, 0.6) is 5.75 Å². The molecule has 1 heterocycles. The molecule has 2 N–H and O–H groups in total. The molecule has 0 spiro atoms. The van der Waals surface area contributed by atoms with E-state index in [0.29, 0.717) is 26.2 Å². The zero-order valence-electron chi connectivity index (χ0n) is 13.8. The molecule has 0 fully saturated rings. The molecular weight excluding hydrogens is 372 g/mol. The number of benzene rings is 2. The summed E-state index contributed by atoms with van der Waals surface area (Å²) in [5, 5.41) is 5.57. The maximum Gasteiger partial charge on any atom is 0.265 e. The Kier molecular flexibility index (Phi) is 5.55. The van der Waals surface area contributed by atoms with Gasteiger partial charge in [0.05, 0.1) is 16.3 Å². The summed E-state index contributed by atoms with van der Waals surface area (Å²) in [6.07, 6.45) is 0. The van der Waals surface area contributed by atoms with Gasteiger partial charge in [-0.25, -0.2) is 0 Å². The largest absolute Gasteiger partial charge is 0.497 e. The number of thiophene rings is 1. The van der Waals surface area contributed by atoms with Gasteiger partial charge in [-0.15, -0.1) is 11.3 Å². The van der Waals surface area contributed by atoms with E-state index in [2.05, 4.69) is 10.6 Å². The highest BCUT2D eigenvalue weighted by atomic mass is 35.5. The van der Waals surface area contributed by atoms with Crippen molar-refractivity contribution in [1.29, 1.82) is 0 Å². The minimum Gasteiger partial charge on any atom is -0.497 e. The molecule has 0 aliphatic carbocycles. The maximum absolute atomic E-state index is 12.3. The Bertz CT molecular complexity index is 921. The van der Waals surface area contributed by atoms with Crippen molar-refractivity contribution in [2.75, 3.05) is 17.7 Å². The highest BCUT2D eigenvalue weighted by Gasteiger charge is 2.10. The molecule has 132 valence electrons. The minimum atomic E-state index is -0.239. The van der Waals surface area contributed by atoms with Crippen LogP contribution in [0, 0.1) is 0 Å². The molecule has 5 nitrogen and oxygen atoms in total. The van der Waals surface area contributed by atoms with Crippen molar-refractivity contribution in [3.63, 3.8) is 0 Å². The number of carbonyl (C=O) groups excluding carboxylic acids is 2. The second kappa shape index (κ2) is 8.03. The molecule has 2 aromatic carbocycles. The second-order valence-electron chi connectivity index (χ2n) is 5.32. The number of methoxy groups -OCH3 is 1. The third-order valence-corrected chi connectivity index (χ3v) is 4.78. The van der Waals surface area contributed by atoms with E-state index in [9.17, 15) is 9.59 Å².